The molecule has 0 saturated carbocycles. The first-order chi connectivity index (χ1) is 13.9. The molecule has 0 bridgehead atoms. The number of hydrogen-bond acceptors (Lipinski definition) is 0. The largest absolute Gasteiger partial charge is 0.0622 e. The van der Waals surface area contributed by atoms with Crippen LogP contribution in [0.25, 0.3) is 44.8 Å². The standard InChI is InChI=1S/C28H20/c1-2-9-21(10-3-1)17-18-23-19-20-28(26-15-7-6-14-25(23)26)27-16-8-12-22-11-4-5-13-24(22)27/h1-20H. The monoisotopic (exact) mass is 356 g/mol. The summed E-state index contributed by atoms with van der Waals surface area (Å²) in [5, 5.41) is 5.13. The van der Waals surface area contributed by atoms with Crippen LogP contribution in [0.1, 0.15) is 11.1 Å². The summed E-state index contributed by atoms with van der Waals surface area (Å²) in [4.78, 5) is 0. The molecular weight excluding hydrogens is 336 g/mol. The maximum absolute atomic E-state index is 2.26. The second-order valence-electron chi connectivity index (χ2n) is 7.02. The predicted molar refractivity (Wildman–Crippen MR) is 122 cm³/mol. The molecule has 0 aliphatic heterocycles. The van der Waals surface area contributed by atoms with Crippen LogP contribution >= 0.6 is 0 Å². The summed E-state index contributed by atoms with van der Waals surface area (Å²) >= 11 is 0. The fourth-order valence-corrected chi connectivity index (χ4v) is 3.91. The second-order valence-corrected chi connectivity index (χ2v) is 7.02. The van der Waals surface area contributed by atoms with Crippen molar-refractivity contribution in [3.63, 3.8) is 0 Å². The Kier molecular flexibility index (Phi) is 4.23. The molecule has 0 fully saturated rings. The quantitative estimate of drug-likeness (QED) is 0.289. The minimum absolute atomic E-state index is 1.21. The van der Waals surface area contributed by atoms with E-state index in [1.165, 1.54) is 43.8 Å². The van der Waals surface area contributed by atoms with Crippen LogP contribution in [-0.2, 0) is 0 Å². The molecule has 0 aromatic heterocycles. The lowest BCUT2D eigenvalue weighted by molar-refractivity contribution is 1.65. The van der Waals surface area contributed by atoms with Crippen molar-refractivity contribution in [2.24, 2.45) is 0 Å². The Morgan fingerprint density at radius 2 is 1.04 bits per heavy atom. The lowest BCUT2D eigenvalue weighted by atomic mass is 9.92. The van der Waals surface area contributed by atoms with E-state index in [9.17, 15) is 0 Å². The Hall–Kier alpha value is -3.64. The van der Waals surface area contributed by atoms with Crippen molar-refractivity contribution < 1.29 is 0 Å². The van der Waals surface area contributed by atoms with Gasteiger partial charge in [-0.3, -0.25) is 0 Å². The van der Waals surface area contributed by atoms with Crippen LogP contribution in [0.3, 0.4) is 0 Å². The highest BCUT2D eigenvalue weighted by Gasteiger charge is 2.09. The Labute approximate surface area is 165 Å². The second kappa shape index (κ2) is 7.17. The molecule has 0 N–H and O–H groups in total. The first kappa shape index (κ1) is 16.5. The zero-order chi connectivity index (χ0) is 18.8. The average molecular weight is 356 g/mol. The number of rotatable bonds is 3. The third-order valence-electron chi connectivity index (χ3n) is 5.29. The smallest absolute Gasteiger partial charge is 0.00987 e. The van der Waals surface area contributed by atoms with E-state index in [4.69, 9.17) is 0 Å². The molecule has 0 amide bonds. The molecular formula is C28H20. The summed E-state index contributed by atoms with van der Waals surface area (Å²) < 4.78 is 0. The van der Waals surface area contributed by atoms with Crippen molar-refractivity contribution in [3.05, 3.63) is 120 Å². The molecule has 0 atom stereocenters. The Bertz CT molecular complexity index is 1290. The average Bonchev–Trinajstić information content (AvgIpc) is 2.78. The molecule has 0 unspecified atom stereocenters. The Morgan fingerprint density at radius 1 is 0.393 bits per heavy atom. The van der Waals surface area contributed by atoms with E-state index in [0.29, 0.717) is 0 Å². The normalized spacial score (nSPS) is 11.4. The van der Waals surface area contributed by atoms with Crippen molar-refractivity contribution in [2.75, 3.05) is 0 Å². The highest BCUT2D eigenvalue weighted by Crippen LogP contribution is 2.35. The fourth-order valence-electron chi connectivity index (χ4n) is 3.91. The van der Waals surface area contributed by atoms with Crippen molar-refractivity contribution in [2.45, 2.75) is 0 Å². The van der Waals surface area contributed by atoms with Crippen LogP contribution in [0.4, 0.5) is 0 Å². The molecule has 28 heavy (non-hydrogen) atoms. The molecule has 0 nitrogen and oxygen atoms in total. The van der Waals surface area contributed by atoms with Crippen LogP contribution < -0.4 is 0 Å². The minimum Gasteiger partial charge on any atom is -0.0622 e. The van der Waals surface area contributed by atoms with Crippen molar-refractivity contribution in [1.82, 2.24) is 0 Å². The molecule has 0 saturated heterocycles. The van der Waals surface area contributed by atoms with E-state index in [1.54, 1.807) is 0 Å². The third-order valence-corrected chi connectivity index (χ3v) is 5.29. The maximum Gasteiger partial charge on any atom is -0.00987 e. The van der Waals surface area contributed by atoms with Gasteiger partial charge < -0.3 is 0 Å². The molecule has 0 radical (unpaired) electrons. The van der Waals surface area contributed by atoms with E-state index in [1.807, 2.05) is 6.07 Å². The van der Waals surface area contributed by atoms with E-state index < -0.39 is 0 Å². The summed E-state index contributed by atoms with van der Waals surface area (Å²) in [6, 6.07) is 38.8. The topological polar surface area (TPSA) is 0 Å². The fraction of sp³-hybridized carbons (Fsp3) is 0. The lowest BCUT2D eigenvalue weighted by Gasteiger charge is -2.12. The Morgan fingerprint density at radius 3 is 1.89 bits per heavy atom. The number of hydrogen-bond donors (Lipinski definition) is 0. The van der Waals surface area contributed by atoms with Crippen LogP contribution in [0, 0.1) is 0 Å². The molecule has 5 aromatic carbocycles. The zero-order valence-electron chi connectivity index (χ0n) is 15.5. The van der Waals surface area contributed by atoms with Gasteiger partial charge in [0.15, 0.2) is 0 Å². The van der Waals surface area contributed by atoms with Gasteiger partial charge in [-0.05, 0) is 43.8 Å². The van der Waals surface area contributed by atoms with Gasteiger partial charge in [-0.1, -0.05) is 121 Å². The van der Waals surface area contributed by atoms with Gasteiger partial charge in [-0.25, -0.2) is 0 Å². The zero-order valence-corrected chi connectivity index (χ0v) is 15.5. The van der Waals surface area contributed by atoms with E-state index in [2.05, 4.69) is 115 Å². The lowest BCUT2D eigenvalue weighted by Crippen LogP contribution is -1.86. The molecule has 0 aliphatic carbocycles. The van der Waals surface area contributed by atoms with Gasteiger partial charge in [-0.2, -0.15) is 0 Å². The summed E-state index contributed by atoms with van der Waals surface area (Å²) in [5.41, 5.74) is 5.02. The van der Waals surface area contributed by atoms with E-state index >= 15 is 0 Å². The maximum atomic E-state index is 2.26. The van der Waals surface area contributed by atoms with Gasteiger partial charge in [0.2, 0.25) is 0 Å². The van der Waals surface area contributed by atoms with Gasteiger partial charge in [0.05, 0.1) is 0 Å². The summed E-state index contributed by atoms with van der Waals surface area (Å²) in [6.07, 6.45) is 4.39. The number of benzene rings is 5. The van der Waals surface area contributed by atoms with Gasteiger partial charge in [0.1, 0.15) is 0 Å². The summed E-state index contributed by atoms with van der Waals surface area (Å²) in [5.74, 6) is 0. The molecule has 0 heterocycles. The summed E-state index contributed by atoms with van der Waals surface area (Å²) in [7, 11) is 0. The first-order valence-electron chi connectivity index (χ1n) is 9.63. The van der Waals surface area contributed by atoms with Gasteiger partial charge in [-0.15, -0.1) is 0 Å². The molecule has 5 aromatic rings. The highest BCUT2D eigenvalue weighted by molar-refractivity contribution is 6.07. The minimum atomic E-state index is 1.21. The molecule has 0 heteroatoms. The van der Waals surface area contributed by atoms with Crippen LogP contribution in [0.5, 0.6) is 0 Å². The van der Waals surface area contributed by atoms with Gasteiger partial charge in [0, 0.05) is 0 Å². The van der Waals surface area contributed by atoms with Crippen molar-refractivity contribution in [3.8, 4) is 11.1 Å². The molecule has 5 rings (SSSR count). The molecule has 0 spiro atoms. The Balaban J connectivity index is 1.69. The van der Waals surface area contributed by atoms with Crippen LogP contribution in [0.2, 0.25) is 0 Å². The van der Waals surface area contributed by atoms with Crippen molar-refractivity contribution in [1.29, 1.82) is 0 Å². The van der Waals surface area contributed by atoms with Gasteiger partial charge in [0.25, 0.3) is 0 Å². The SMILES string of the molecule is C(=Cc1ccc(-c2cccc3ccccc23)c2ccccc12)c1ccccc1. The van der Waals surface area contributed by atoms with Gasteiger partial charge >= 0.3 is 0 Å². The first-order valence-corrected chi connectivity index (χ1v) is 9.63. The van der Waals surface area contributed by atoms with E-state index in [-0.39, 0.29) is 0 Å². The highest BCUT2D eigenvalue weighted by atomic mass is 14.1. The predicted octanol–water partition coefficient (Wildman–Crippen LogP) is 7.83. The molecule has 132 valence electrons. The van der Waals surface area contributed by atoms with Crippen LogP contribution in [-0.4, -0.2) is 0 Å². The summed E-state index contributed by atoms with van der Waals surface area (Å²) in [6.45, 7) is 0. The number of fused-ring (bicyclic) bond motifs is 2. The van der Waals surface area contributed by atoms with Crippen molar-refractivity contribution >= 4 is 33.7 Å². The van der Waals surface area contributed by atoms with Crippen LogP contribution in [0.15, 0.2) is 109 Å². The van der Waals surface area contributed by atoms with E-state index in [0.717, 1.165) is 0 Å². The third kappa shape index (κ3) is 3.00. The molecule has 0 aliphatic rings.